The van der Waals surface area contributed by atoms with E-state index in [4.69, 9.17) is 20.8 Å². The first-order chi connectivity index (χ1) is 16.0. The van der Waals surface area contributed by atoms with E-state index in [2.05, 4.69) is 10.2 Å². The Hall–Kier alpha value is -3.64. The quantitative estimate of drug-likeness (QED) is 0.328. The van der Waals surface area contributed by atoms with Crippen LogP contribution in [0.15, 0.2) is 83.3 Å². The fourth-order valence-corrected chi connectivity index (χ4v) is 3.53. The predicted octanol–water partition coefficient (Wildman–Crippen LogP) is 5.87. The molecule has 4 aromatic rings. The van der Waals surface area contributed by atoms with Gasteiger partial charge in [-0.1, -0.05) is 60.1 Å². The number of benzene rings is 3. The number of ether oxygens (including phenoxy) is 1. The molecule has 0 aliphatic rings. The summed E-state index contributed by atoms with van der Waals surface area (Å²) in [6, 6.07) is 24.7. The normalized spacial score (nSPS) is 10.9. The van der Waals surface area contributed by atoms with Gasteiger partial charge in [0, 0.05) is 22.2 Å². The SMILES string of the molecule is CC(C)N(Cc1nnc(-c2ccc(Cl)cc2)o1)C(=O)COc1ccccc1-c1ccccc1. The van der Waals surface area contributed by atoms with Gasteiger partial charge in [0.2, 0.25) is 11.8 Å². The first-order valence-corrected chi connectivity index (χ1v) is 11.0. The van der Waals surface area contributed by atoms with Crippen molar-refractivity contribution in [3.8, 4) is 28.3 Å². The highest BCUT2D eigenvalue weighted by Gasteiger charge is 2.21. The van der Waals surface area contributed by atoms with Crippen LogP contribution in [0.4, 0.5) is 0 Å². The average molecular weight is 462 g/mol. The first kappa shape index (κ1) is 22.6. The van der Waals surface area contributed by atoms with Crippen molar-refractivity contribution in [2.45, 2.75) is 26.4 Å². The molecule has 1 aromatic heterocycles. The molecular formula is C26H24ClN3O3. The van der Waals surface area contributed by atoms with Gasteiger partial charge in [-0.25, -0.2) is 0 Å². The Morgan fingerprint density at radius 3 is 2.36 bits per heavy atom. The van der Waals surface area contributed by atoms with Crippen molar-refractivity contribution in [3.05, 3.63) is 89.8 Å². The molecule has 0 saturated heterocycles. The molecule has 0 N–H and O–H groups in total. The Bertz CT molecular complexity index is 1210. The molecule has 0 aliphatic carbocycles. The lowest BCUT2D eigenvalue weighted by atomic mass is 10.1. The maximum atomic E-state index is 13.0. The van der Waals surface area contributed by atoms with E-state index in [-0.39, 0.29) is 25.1 Å². The zero-order valence-corrected chi connectivity index (χ0v) is 19.2. The smallest absolute Gasteiger partial charge is 0.261 e. The van der Waals surface area contributed by atoms with Crippen LogP contribution in [0.5, 0.6) is 5.75 Å². The fraction of sp³-hybridized carbons (Fsp3) is 0.192. The molecule has 0 spiro atoms. The third kappa shape index (κ3) is 5.59. The summed E-state index contributed by atoms with van der Waals surface area (Å²) in [5.41, 5.74) is 2.73. The summed E-state index contributed by atoms with van der Waals surface area (Å²) in [6.07, 6.45) is 0. The summed E-state index contributed by atoms with van der Waals surface area (Å²) in [7, 11) is 0. The van der Waals surface area contributed by atoms with Gasteiger partial charge < -0.3 is 14.1 Å². The minimum absolute atomic E-state index is 0.0728. The number of carbonyl (C=O) groups excluding carboxylic acids is 1. The molecule has 0 atom stereocenters. The van der Waals surface area contributed by atoms with E-state index in [0.717, 1.165) is 16.7 Å². The lowest BCUT2D eigenvalue weighted by Gasteiger charge is -2.25. The molecule has 33 heavy (non-hydrogen) atoms. The number of carbonyl (C=O) groups is 1. The highest BCUT2D eigenvalue weighted by atomic mass is 35.5. The zero-order chi connectivity index (χ0) is 23.2. The van der Waals surface area contributed by atoms with Gasteiger partial charge in [0.05, 0.1) is 6.54 Å². The Morgan fingerprint density at radius 2 is 1.64 bits per heavy atom. The number of aromatic nitrogens is 2. The van der Waals surface area contributed by atoms with Crippen LogP contribution in [0.3, 0.4) is 0 Å². The van der Waals surface area contributed by atoms with E-state index in [9.17, 15) is 4.79 Å². The van der Waals surface area contributed by atoms with Gasteiger partial charge in [0.25, 0.3) is 5.91 Å². The standard InChI is InChI=1S/C26H24ClN3O3/c1-18(2)30(16-24-28-29-26(33-24)20-12-14-21(27)15-13-20)25(31)17-32-23-11-7-6-10-22(23)19-8-4-3-5-9-19/h3-15,18H,16-17H2,1-2H3. The topological polar surface area (TPSA) is 68.5 Å². The number of para-hydroxylation sites is 1. The first-order valence-electron chi connectivity index (χ1n) is 10.7. The van der Waals surface area contributed by atoms with E-state index in [1.807, 2.05) is 80.6 Å². The summed E-state index contributed by atoms with van der Waals surface area (Å²) in [5, 5.41) is 8.83. The van der Waals surface area contributed by atoms with E-state index in [0.29, 0.717) is 22.6 Å². The van der Waals surface area contributed by atoms with E-state index >= 15 is 0 Å². The largest absolute Gasteiger partial charge is 0.483 e. The lowest BCUT2D eigenvalue weighted by molar-refractivity contribution is -0.136. The molecule has 0 unspecified atom stereocenters. The zero-order valence-electron chi connectivity index (χ0n) is 18.4. The molecule has 168 valence electrons. The molecule has 1 heterocycles. The van der Waals surface area contributed by atoms with E-state index in [1.165, 1.54) is 0 Å². The minimum Gasteiger partial charge on any atom is -0.483 e. The molecule has 0 radical (unpaired) electrons. The molecule has 6 nitrogen and oxygen atoms in total. The monoisotopic (exact) mass is 461 g/mol. The molecule has 0 bridgehead atoms. The van der Waals surface area contributed by atoms with Crippen LogP contribution in [-0.2, 0) is 11.3 Å². The van der Waals surface area contributed by atoms with Gasteiger partial charge in [-0.05, 0) is 49.7 Å². The van der Waals surface area contributed by atoms with Gasteiger partial charge >= 0.3 is 0 Å². The predicted molar refractivity (Wildman–Crippen MR) is 128 cm³/mol. The highest BCUT2D eigenvalue weighted by molar-refractivity contribution is 6.30. The Kier molecular flexibility index (Phi) is 7.05. The molecule has 0 aliphatic heterocycles. The van der Waals surface area contributed by atoms with Crippen LogP contribution >= 0.6 is 11.6 Å². The Balaban J connectivity index is 1.44. The number of nitrogens with zero attached hydrogens (tertiary/aromatic N) is 3. The van der Waals surface area contributed by atoms with Crippen LogP contribution in [-0.4, -0.2) is 33.7 Å². The van der Waals surface area contributed by atoms with Crippen molar-refractivity contribution in [2.75, 3.05) is 6.61 Å². The third-order valence-electron chi connectivity index (χ3n) is 5.13. The summed E-state index contributed by atoms with van der Waals surface area (Å²) in [6.45, 7) is 3.97. The molecular weight excluding hydrogens is 438 g/mol. The van der Waals surface area contributed by atoms with Gasteiger partial charge in [0.15, 0.2) is 6.61 Å². The van der Waals surface area contributed by atoms with Gasteiger partial charge in [-0.2, -0.15) is 0 Å². The van der Waals surface area contributed by atoms with Gasteiger partial charge in [0.1, 0.15) is 5.75 Å². The summed E-state index contributed by atoms with van der Waals surface area (Å²) < 4.78 is 11.7. The van der Waals surface area contributed by atoms with E-state index in [1.54, 1.807) is 17.0 Å². The maximum absolute atomic E-state index is 13.0. The molecule has 3 aromatic carbocycles. The second kappa shape index (κ2) is 10.3. The molecule has 4 rings (SSSR count). The summed E-state index contributed by atoms with van der Waals surface area (Å²) >= 11 is 5.94. The second-order valence-corrected chi connectivity index (χ2v) is 8.21. The van der Waals surface area contributed by atoms with Crippen LogP contribution in [0.2, 0.25) is 5.02 Å². The minimum atomic E-state index is -0.167. The van der Waals surface area contributed by atoms with Crippen molar-refractivity contribution < 1.29 is 13.9 Å². The lowest BCUT2D eigenvalue weighted by Crippen LogP contribution is -2.39. The molecule has 1 amide bonds. The van der Waals surface area contributed by atoms with Crippen LogP contribution < -0.4 is 4.74 Å². The second-order valence-electron chi connectivity index (χ2n) is 7.77. The Morgan fingerprint density at radius 1 is 0.939 bits per heavy atom. The van der Waals surface area contributed by atoms with Gasteiger partial charge in [-0.15, -0.1) is 10.2 Å². The fourth-order valence-electron chi connectivity index (χ4n) is 3.40. The third-order valence-corrected chi connectivity index (χ3v) is 5.38. The van der Waals surface area contributed by atoms with E-state index < -0.39 is 0 Å². The number of amides is 1. The van der Waals surface area contributed by atoms with Crippen molar-refractivity contribution in [1.29, 1.82) is 0 Å². The number of halogens is 1. The number of hydrogen-bond acceptors (Lipinski definition) is 5. The van der Waals surface area contributed by atoms with Crippen molar-refractivity contribution in [2.24, 2.45) is 0 Å². The maximum Gasteiger partial charge on any atom is 0.261 e. The molecule has 0 fully saturated rings. The number of hydrogen-bond donors (Lipinski definition) is 0. The van der Waals surface area contributed by atoms with Crippen LogP contribution in [0, 0.1) is 0 Å². The summed E-state index contributed by atoms with van der Waals surface area (Å²) in [5.74, 6) is 1.22. The van der Waals surface area contributed by atoms with Crippen molar-refractivity contribution >= 4 is 17.5 Å². The molecule has 7 heteroatoms. The van der Waals surface area contributed by atoms with Crippen LogP contribution in [0.1, 0.15) is 19.7 Å². The highest BCUT2D eigenvalue weighted by Crippen LogP contribution is 2.29. The van der Waals surface area contributed by atoms with Gasteiger partial charge in [-0.3, -0.25) is 4.79 Å². The van der Waals surface area contributed by atoms with Crippen LogP contribution in [0.25, 0.3) is 22.6 Å². The summed E-state index contributed by atoms with van der Waals surface area (Å²) in [4.78, 5) is 14.7. The number of rotatable bonds is 8. The van der Waals surface area contributed by atoms with Crippen molar-refractivity contribution in [3.63, 3.8) is 0 Å². The molecule has 0 saturated carbocycles. The average Bonchev–Trinajstić information content (AvgIpc) is 3.31. The van der Waals surface area contributed by atoms with Crippen molar-refractivity contribution in [1.82, 2.24) is 15.1 Å². The Labute approximate surface area is 197 Å².